The lowest BCUT2D eigenvalue weighted by molar-refractivity contribution is 0.318. The van der Waals surface area contributed by atoms with E-state index in [9.17, 15) is 8.42 Å². The Balaban J connectivity index is -0.0000000353. The van der Waals surface area contributed by atoms with E-state index in [1.807, 2.05) is 0 Å². The van der Waals surface area contributed by atoms with Gasteiger partial charge in [-0.1, -0.05) is 0 Å². The molecule has 0 heterocycles. The van der Waals surface area contributed by atoms with E-state index < -0.39 is 10.4 Å². The van der Waals surface area contributed by atoms with Crippen LogP contribution in [0.3, 0.4) is 0 Å². The van der Waals surface area contributed by atoms with Gasteiger partial charge in [-0.05, 0) is 20.8 Å². The van der Waals surface area contributed by atoms with Gasteiger partial charge in [0.05, 0.1) is 7.11 Å². The highest BCUT2D eigenvalue weighted by molar-refractivity contribution is 7.80. The van der Waals surface area contributed by atoms with E-state index in [-0.39, 0.29) is 26.0 Å². The third-order valence-corrected chi connectivity index (χ3v) is 0.632. The average molecular weight is 267 g/mol. The Labute approximate surface area is 97.4 Å². The standard InChI is InChI=1S/3C2H6O.CH4O4S.H3N/c3*1-2-3;1-5-6(2,3)4;/h3*3H,2H2,1H3;1H3,(H,2,3,4);1H3. The normalized spacial score (nSPS) is 7.75. The van der Waals surface area contributed by atoms with Gasteiger partial charge in [0.2, 0.25) is 0 Å². The summed E-state index contributed by atoms with van der Waals surface area (Å²) in [5.74, 6) is 0. The number of aliphatic hydroxyl groups is 3. The molecular weight excluding hydrogens is 242 g/mol. The molecule has 0 atom stereocenters. The quantitative estimate of drug-likeness (QED) is 0.401. The Bertz CT molecular complexity index is 155. The SMILES string of the molecule is CCO.CCO.CCO.COS(=O)(=O)O.N. The van der Waals surface area contributed by atoms with Crippen LogP contribution in [-0.4, -0.2) is 55.2 Å². The van der Waals surface area contributed by atoms with Crippen LogP contribution in [0.25, 0.3) is 0 Å². The van der Waals surface area contributed by atoms with E-state index >= 15 is 0 Å². The van der Waals surface area contributed by atoms with Gasteiger partial charge in [0.25, 0.3) is 0 Å². The molecule has 106 valence electrons. The molecule has 0 radical (unpaired) electrons. The number of rotatable bonds is 1. The molecule has 8 nitrogen and oxygen atoms in total. The van der Waals surface area contributed by atoms with Crippen LogP contribution in [0.1, 0.15) is 20.8 Å². The van der Waals surface area contributed by atoms with Crippen LogP contribution in [0.4, 0.5) is 0 Å². The van der Waals surface area contributed by atoms with E-state index in [4.69, 9.17) is 19.9 Å². The van der Waals surface area contributed by atoms with Gasteiger partial charge in [0.1, 0.15) is 0 Å². The molecule has 0 aromatic heterocycles. The molecule has 0 aromatic rings. The molecule has 0 spiro atoms. The van der Waals surface area contributed by atoms with E-state index in [1.54, 1.807) is 20.8 Å². The Kier molecular flexibility index (Phi) is 54.3. The minimum atomic E-state index is -4.16. The number of aliphatic hydroxyl groups excluding tert-OH is 3. The van der Waals surface area contributed by atoms with Crippen molar-refractivity contribution >= 4 is 10.4 Å². The third kappa shape index (κ3) is 302. The Morgan fingerprint density at radius 1 is 0.938 bits per heavy atom. The first-order valence-corrected chi connectivity index (χ1v) is 5.53. The van der Waals surface area contributed by atoms with Crippen LogP contribution in [0, 0.1) is 0 Å². The first kappa shape index (κ1) is 29.6. The van der Waals surface area contributed by atoms with Crippen molar-refractivity contribution in [3.63, 3.8) is 0 Å². The lowest BCUT2D eigenvalue weighted by Gasteiger charge is -1.82. The maximum absolute atomic E-state index is 9.33. The minimum Gasteiger partial charge on any atom is -0.397 e. The van der Waals surface area contributed by atoms with Gasteiger partial charge in [0, 0.05) is 19.8 Å². The molecule has 0 aliphatic carbocycles. The monoisotopic (exact) mass is 267 g/mol. The fourth-order valence-electron chi connectivity index (χ4n) is 0. The van der Waals surface area contributed by atoms with E-state index in [2.05, 4.69) is 4.18 Å². The molecule has 0 aliphatic heterocycles. The molecule has 0 rings (SSSR count). The summed E-state index contributed by atoms with van der Waals surface area (Å²) in [5, 5.41) is 22.7. The topological polar surface area (TPSA) is 159 Å². The predicted octanol–water partition coefficient (Wildman–Crippen LogP) is -0.407. The molecule has 9 heteroatoms. The first-order chi connectivity index (χ1) is 6.80. The Hall–Kier alpha value is -0.290. The second kappa shape index (κ2) is 29.3. The highest BCUT2D eigenvalue weighted by Crippen LogP contribution is 1.74. The lowest BCUT2D eigenvalue weighted by Crippen LogP contribution is -1.96. The zero-order valence-corrected chi connectivity index (χ0v) is 11.1. The molecule has 0 saturated heterocycles. The smallest absolute Gasteiger partial charge is 0.397 e. The second-order valence-corrected chi connectivity index (χ2v) is 2.73. The van der Waals surface area contributed by atoms with Gasteiger partial charge in [-0.2, -0.15) is 8.42 Å². The lowest BCUT2D eigenvalue weighted by atomic mass is 10.9. The van der Waals surface area contributed by atoms with E-state index in [1.165, 1.54) is 0 Å². The average Bonchev–Trinajstić information content (AvgIpc) is 2.07. The molecule has 7 N–H and O–H groups in total. The number of hydrogen-bond donors (Lipinski definition) is 5. The van der Waals surface area contributed by atoms with Crippen molar-refractivity contribution in [2.45, 2.75) is 20.8 Å². The van der Waals surface area contributed by atoms with Gasteiger partial charge in [-0.25, -0.2) is 0 Å². The largest absolute Gasteiger partial charge is 0.397 e. The van der Waals surface area contributed by atoms with Crippen molar-refractivity contribution in [2.24, 2.45) is 0 Å². The molecule has 16 heavy (non-hydrogen) atoms. The summed E-state index contributed by atoms with van der Waals surface area (Å²) in [5.41, 5.74) is 0. The molecule has 0 unspecified atom stereocenters. The molecule has 0 aromatic carbocycles. The van der Waals surface area contributed by atoms with Crippen molar-refractivity contribution in [3.8, 4) is 0 Å². The van der Waals surface area contributed by atoms with Crippen LogP contribution in [-0.2, 0) is 14.6 Å². The second-order valence-electron chi connectivity index (χ2n) is 1.54. The summed E-state index contributed by atoms with van der Waals surface area (Å²) in [6, 6.07) is 0. The Morgan fingerprint density at radius 2 is 1.00 bits per heavy atom. The van der Waals surface area contributed by atoms with Gasteiger partial charge in [0.15, 0.2) is 0 Å². The van der Waals surface area contributed by atoms with Gasteiger partial charge >= 0.3 is 10.4 Å². The fourth-order valence-corrected chi connectivity index (χ4v) is 0. The van der Waals surface area contributed by atoms with Crippen LogP contribution < -0.4 is 6.15 Å². The maximum Gasteiger partial charge on any atom is 0.397 e. The zero-order chi connectivity index (χ0) is 13.3. The molecular formula is C7H25NO7S. The highest BCUT2D eigenvalue weighted by atomic mass is 32.3. The predicted molar refractivity (Wildman–Crippen MR) is 61.9 cm³/mol. The summed E-state index contributed by atoms with van der Waals surface area (Å²) in [6.07, 6.45) is 0. The van der Waals surface area contributed by atoms with Crippen LogP contribution in [0.2, 0.25) is 0 Å². The van der Waals surface area contributed by atoms with Crippen molar-refractivity contribution < 1.29 is 32.5 Å². The summed E-state index contributed by atoms with van der Waals surface area (Å²) < 4.78 is 29.7. The molecule has 0 saturated carbocycles. The molecule has 0 amide bonds. The highest BCUT2D eigenvalue weighted by Gasteiger charge is 1.93. The summed E-state index contributed by atoms with van der Waals surface area (Å²) in [4.78, 5) is 0. The van der Waals surface area contributed by atoms with Gasteiger partial charge in [-0.3, -0.25) is 8.74 Å². The van der Waals surface area contributed by atoms with Crippen molar-refractivity contribution in [1.82, 2.24) is 6.15 Å². The molecule has 0 fully saturated rings. The fraction of sp³-hybridized carbons (Fsp3) is 1.00. The third-order valence-electron chi connectivity index (χ3n) is 0.211. The Morgan fingerprint density at radius 3 is 1.00 bits per heavy atom. The van der Waals surface area contributed by atoms with E-state index in [0.29, 0.717) is 0 Å². The maximum atomic E-state index is 9.33. The first-order valence-electron chi connectivity index (χ1n) is 4.16. The van der Waals surface area contributed by atoms with E-state index in [0.717, 1.165) is 7.11 Å². The molecule has 0 bridgehead atoms. The molecule has 0 aliphatic rings. The van der Waals surface area contributed by atoms with Crippen molar-refractivity contribution in [1.29, 1.82) is 0 Å². The van der Waals surface area contributed by atoms with Crippen LogP contribution in [0.5, 0.6) is 0 Å². The van der Waals surface area contributed by atoms with Crippen LogP contribution in [0.15, 0.2) is 0 Å². The van der Waals surface area contributed by atoms with Crippen molar-refractivity contribution in [3.05, 3.63) is 0 Å². The van der Waals surface area contributed by atoms with Crippen LogP contribution >= 0.6 is 0 Å². The van der Waals surface area contributed by atoms with Crippen molar-refractivity contribution in [2.75, 3.05) is 26.9 Å². The summed E-state index contributed by atoms with van der Waals surface area (Å²) in [6.45, 7) is 5.79. The summed E-state index contributed by atoms with van der Waals surface area (Å²) >= 11 is 0. The van der Waals surface area contributed by atoms with Gasteiger partial charge < -0.3 is 21.5 Å². The minimum absolute atomic E-state index is 0. The summed E-state index contributed by atoms with van der Waals surface area (Å²) in [7, 11) is -3.29. The number of hydrogen-bond acceptors (Lipinski definition) is 7. The van der Waals surface area contributed by atoms with Gasteiger partial charge in [-0.15, -0.1) is 0 Å². The zero-order valence-electron chi connectivity index (χ0n) is 10.3.